The highest BCUT2D eigenvalue weighted by atomic mass is 32.2. The first-order chi connectivity index (χ1) is 16.7. The van der Waals surface area contributed by atoms with E-state index in [1.54, 1.807) is 20.8 Å². The number of imidazole rings is 1. The Morgan fingerprint density at radius 2 is 1.86 bits per heavy atom. The molecule has 1 saturated heterocycles. The fraction of sp³-hybridized carbons (Fsp3) is 0.435. The van der Waals surface area contributed by atoms with Crippen molar-refractivity contribution in [2.75, 3.05) is 11.5 Å². The minimum Gasteiger partial charge on any atom is -0.406 e. The quantitative estimate of drug-likeness (QED) is 0.546. The van der Waals surface area contributed by atoms with Crippen molar-refractivity contribution in [2.45, 2.75) is 51.6 Å². The first-order valence-electron chi connectivity index (χ1n) is 11.2. The van der Waals surface area contributed by atoms with Crippen LogP contribution in [0.3, 0.4) is 0 Å². The topological polar surface area (TPSA) is 112 Å². The van der Waals surface area contributed by atoms with Crippen LogP contribution in [-0.2, 0) is 9.84 Å². The largest absolute Gasteiger partial charge is 0.573 e. The van der Waals surface area contributed by atoms with Crippen LogP contribution in [0.2, 0.25) is 0 Å². The number of sulfone groups is 1. The summed E-state index contributed by atoms with van der Waals surface area (Å²) in [5.41, 5.74) is -0.492. The lowest BCUT2D eigenvalue weighted by Gasteiger charge is -2.34. The van der Waals surface area contributed by atoms with Crippen LogP contribution < -0.4 is 15.7 Å². The van der Waals surface area contributed by atoms with Crippen molar-refractivity contribution in [3.8, 4) is 11.4 Å². The summed E-state index contributed by atoms with van der Waals surface area (Å²) in [6.07, 6.45) is -3.06. The molecule has 0 saturated carbocycles. The summed E-state index contributed by atoms with van der Waals surface area (Å²) < 4.78 is 68.1. The van der Waals surface area contributed by atoms with Gasteiger partial charge in [0.15, 0.2) is 5.65 Å². The van der Waals surface area contributed by atoms with Crippen LogP contribution in [0, 0.1) is 0 Å². The summed E-state index contributed by atoms with van der Waals surface area (Å²) in [7, 11) is -3.12. The molecule has 194 valence electrons. The van der Waals surface area contributed by atoms with Gasteiger partial charge < -0.3 is 10.1 Å². The highest BCUT2D eigenvalue weighted by Gasteiger charge is 2.35. The van der Waals surface area contributed by atoms with Gasteiger partial charge in [0.1, 0.15) is 15.6 Å². The van der Waals surface area contributed by atoms with E-state index in [2.05, 4.69) is 15.0 Å². The molecule has 1 aliphatic heterocycles. The van der Waals surface area contributed by atoms with E-state index >= 15 is 0 Å². The van der Waals surface area contributed by atoms with Gasteiger partial charge in [-0.25, -0.2) is 22.8 Å². The summed E-state index contributed by atoms with van der Waals surface area (Å²) >= 11 is 0. The number of pyridine rings is 1. The molecule has 0 atom stereocenters. The molecule has 3 aromatic rings. The number of ether oxygens (including phenoxy) is 1. The second kappa shape index (κ2) is 8.95. The van der Waals surface area contributed by atoms with E-state index in [1.807, 2.05) is 0 Å². The second-order valence-electron chi connectivity index (χ2n) is 9.36. The van der Waals surface area contributed by atoms with Gasteiger partial charge in [-0.05, 0) is 51.8 Å². The average molecular weight is 527 g/mol. The highest BCUT2D eigenvalue weighted by Crippen LogP contribution is 2.27. The molecule has 1 aliphatic rings. The van der Waals surface area contributed by atoms with E-state index in [0.29, 0.717) is 5.52 Å². The van der Waals surface area contributed by atoms with Gasteiger partial charge in [0.05, 0.1) is 28.3 Å². The average Bonchev–Trinajstić information content (AvgIpc) is 3.06. The fourth-order valence-corrected chi connectivity index (χ4v) is 5.96. The molecule has 3 heterocycles. The zero-order valence-electron chi connectivity index (χ0n) is 19.8. The van der Waals surface area contributed by atoms with Crippen molar-refractivity contribution in [2.24, 2.45) is 0 Å². The maximum atomic E-state index is 13.3. The van der Waals surface area contributed by atoms with Crippen LogP contribution in [0.1, 0.15) is 50.0 Å². The van der Waals surface area contributed by atoms with Crippen molar-refractivity contribution < 1.29 is 31.1 Å². The number of fused-ring (bicyclic) bond motifs is 1. The predicted octanol–water partition coefficient (Wildman–Crippen LogP) is 3.36. The normalized spacial score (nSPS) is 17.3. The van der Waals surface area contributed by atoms with E-state index in [-0.39, 0.29) is 47.3 Å². The first kappa shape index (κ1) is 25.7. The summed E-state index contributed by atoms with van der Waals surface area (Å²) in [6, 6.07) is 6.13. The third-order valence-electron chi connectivity index (χ3n) is 6.15. The number of nitrogens with one attached hydrogen (secondary N) is 1. The molecule has 1 aromatic carbocycles. The van der Waals surface area contributed by atoms with Gasteiger partial charge in [-0.15, -0.1) is 13.2 Å². The molecule has 13 heteroatoms. The van der Waals surface area contributed by atoms with Crippen molar-refractivity contribution in [3.63, 3.8) is 0 Å². The maximum Gasteiger partial charge on any atom is 0.573 e. The molecule has 1 N–H and O–H groups in total. The summed E-state index contributed by atoms with van der Waals surface area (Å²) in [4.78, 5) is 30.6. The Morgan fingerprint density at radius 3 is 2.47 bits per heavy atom. The predicted molar refractivity (Wildman–Crippen MR) is 126 cm³/mol. The molecule has 2 aromatic heterocycles. The number of carbonyl (C=O) groups is 1. The molecule has 0 aliphatic carbocycles. The fourth-order valence-electron chi connectivity index (χ4n) is 4.23. The zero-order chi connectivity index (χ0) is 26.5. The molecule has 0 radical (unpaired) electrons. The molecule has 0 unspecified atom stereocenters. The van der Waals surface area contributed by atoms with Gasteiger partial charge in [0, 0.05) is 23.8 Å². The summed E-state index contributed by atoms with van der Waals surface area (Å²) in [6.45, 7) is 5.29. The molecular formula is C23H25F3N4O5S. The standard InChI is InChI=1S/C23H25F3N4O5S/c1-14(2)29-18-11-15(20(31)28-22(3)7-9-36(33,34)10-8-22)13-27-19(18)30(21(29)32)16-5-4-6-17(12-16)35-23(24,25)26/h4-6,11-14H,7-10H2,1-3H3,(H,28,31). The van der Waals surface area contributed by atoms with E-state index in [9.17, 15) is 31.2 Å². The Kier molecular flexibility index (Phi) is 6.40. The van der Waals surface area contributed by atoms with Gasteiger partial charge >= 0.3 is 12.1 Å². The molecule has 1 amide bonds. The lowest BCUT2D eigenvalue weighted by molar-refractivity contribution is -0.274. The van der Waals surface area contributed by atoms with Crippen molar-refractivity contribution in [1.82, 2.24) is 19.4 Å². The van der Waals surface area contributed by atoms with Crippen LogP contribution in [0.4, 0.5) is 13.2 Å². The lowest BCUT2D eigenvalue weighted by Crippen LogP contribution is -2.50. The first-order valence-corrected chi connectivity index (χ1v) is 13.0. The van der Waals surface area contributed by atoms with Crippen molar-refractivity contribution >= 4 is 26.9 Å². The molecule has 9 nitrogen and oxygen atoms in total. The Bertz CT molecular complexity index is 1480. The lowest BCUT2D eigenvalue weighted by atomic mass is 9.94. The van der Waals surface area contributed by atoms with Gasteiger partial charge in [0.25, 0.3) is 5.91 Å². The second-order valence-corrected chi connectivity index (χ2v) is 11.7. The van der Waals surface area contributed by atoms with Gasteiger partial charge in [-0.3, -0.25) is 9.36 Å². The van der Waals surface area contributed by atoms with Crippen LogP contribution >= 0.6 is 0 Å². The molecule has 1 fully saturated rings. The minimum atomic E-state index is -4.89. The Hall–Kier alpha value is -3.35. The van der Waals surface area contributed by atoms with Crippen molar-refractivity contribution in [1.29, 1.82) is 0 Å². The van der Waals surface area contributed by atoms with Gasteiger partial charge in [-0.2, -0.15) is 0 Å². The SMILES string of the molecule is CC(C)n1c(=O)n(-c2cccc(OC(F)(F)F)c2)c2ncc(C(=O)NC3(C)CCS(=O)(=O)CC3)cc21. The van der Waals surface area contributed by atoms with Crippen LogP contribution in [0.15, 0.2) is 41.3 Å². The molecular weight excluding hydrogens is 501 g/mol. The Labute approximate surface area is 204 Å². The monoisotopic (exact) mass is 526 g/mol. The van der Waals surface area contributed by atoms with Crippen LogP contribution in [-0.4, -0.2) is 51.9 Å². The molecule has 0 bridgehead atoms. The van der Waals surface area contributed by atoms with Gasteiger partial charge in [-0.1, -0.05) is 6.07 Å². The third-order valence-corrected chi connectivity index (χ3v) is 7.80. The number of amides is 1. The van der Waals surface area contributed by atoms with E-state index in [0.717, 1.165) is 16.7 Å². The Balaban J connectivity index is 1.74. The number of hydrogen-bond acceptors (Lipinski definition) is 6. The molecule has 36 heavy (non-hydrogen) atoms. The smallest absolute Gasteiger partial charge is 0.406 e. The molecule has 4 rings (SSSR count). The third kappa shape index (κ3) is 5.25. The number of rotatable bonds is 5. The summed E-state index contributed by atoms with van der Waals surface area (Å²) in [5, 5.41) is 2.88. The van der Waals surface area contributed by atoms with Crippen LogP contribution in [0.25, 0.3) is 16.9 Å². The van der Waals surface area contributed by atoms with E-state index < -0.39 is 39.1 Å². The number of nitrogens with zero attached hydrogens (tertiary/aromatic N) is 3. The zero-order valence-corrected chi connectivity index (χ0v) is 20.6. The van der Waals surface area contributed by atoms with E-state index in [4.69, 9.17) is 0 Å². The molecule has 0 spiro atoms. The van der Waals surface area contributed by atoms with Gasteiger partial charge in [0.2, 0.25) is 0 Å². The number of hydrogen-bond donors (Lipinski definition) is 1. The van der Waals surface area contributed by atoms with Crippen molar-refractivity contribution in [3.05, 3.63) is 52.6 Å². The number of benzene rings is 1. The number of aromatic nitrogens is 3. The number of carbonyl (C=O) groups excluding carboxylic acids is 1. The highest BCUT2D eigenvalue weighted by molar-refractivity contribution is 7.91. The summed E-state index contributed by atoms with van der Waals surface area (Å²) in [5.74, 6) is -1.000. The van der Waals surface area contributed by atoms with Crippen LogP contribution in [0.5, 0.6) is 5.75 Å². The maximum absolute atomic E-state index is 13.3. The Morgan fingerprint density at radius 1 is 1.19 bits per heavy atom. The minimum absolute atomic E-state index is 0.0199. The van der Waals surface area contributed by atoms with E-state index in [1.165, 1.54) is 29.0 Å². The number of alkyl halides is 3. The number of halogens is 3.